The van der Waals surface area contributed by atoms with Crippen molar-refractivity contribution in [3.63, 3.8) is 0 Å². The lowest BCUT2D eigenvalue weighted by Crippen LogP contribution is -2.14. The molecule has 0 amide bonds. The van der Waals surface area contributed by atoms with Crippen molar-refractivity contribution in [2.45, 2.75) is 38.1 Å². The van der Waals surface area contributed by atoms with Crippen molar-refractivity contribution in [1.82, 2.24) is 19.5 Å². The Balaban J connectivity index is 1.32. The van der Waals surface area contributed by atoms with Crippen LogP contribution in [-0.2, 0) is 0 Å². The minimum Gasteiger partial charge on any atom is -0.478 e. The van der Waals surface area contributed by atoms with Crippen molar-refractivity contribution in [3.05, 3.63) is 124 Å². The standard InChI is InChI=1S/C44H34Br2N6O2/c45-32-21-24(8-13-34(32)47)31-23-39-42(40(41(31)44(53)54)28-11-15-36-25(19-28)5-4-18-49-36)51-43(52(39)30-6-2-1-3-7-30)29-12-17-37-26(20-29)10-16-38(50-37)27-9-14-35(48)33(46)22-27/h4-5,8-23,30H,1-3,6-7,47-48H2,(H,53,54). The molecule has 10 heteroatoms. The fraction of sp³-hybridized carbons (Fsp3) is 0.136. The summed E-state index contributed by atoms with van der Waals surface area (Å²) in [6.07, 6.45) is 7.20. The first-order valence-electron chi connectivity index (χ1n) is 17.9. The number of nitrogens with zero attached hydrogens (tertiary/aromatic N) is 4. The summed E-state index contributed by atoms with van der Waals surface area (Å²) >= 11 is 7.14. The van der Waals surface area contributed by atoms with Crippen LogP contribution in [0.3, 0.4) is 0 Å². The maximum atomic E-state index is 13.5. The fourth-order valence-electron chi connectivity index (χ4n) is 7.91. The van der Waals surface area contributed by atoms with Crippen LogP contribution in [0.2, 0.25) is 0 Å². The zero-order valence-corrected chi connectivity index (χ0v) is 32.2. The van der Waals surface area contributed by atoms with E-state index in [1.54, 1.807) is 12.3 Å². The number of imidazole rings is 1. The first-order chi connectivity index (χ1) is 26.2. The molecule has 1 aliphatic carbocycles. The molecule has 9 rings (SSSR count). The van der Waals surface area contributed by atoms with Gasteiger partial charge in [-0.15, -0.1) is 0 Å². The van der Waals surface area contributed by atoms with Crippen LogP contribution in [0.15, 0.2) is 118 Å². The average Bonchev–Trinajstić information content (AvgIpc) is 3.58. The Morgan fingerprint density at radius 3 is 2.13 bits per heavy atom. The van der Waals surface area contributed by atoms with Crippen LogP contribution >= 0.6 is 31.9 Å². The van der Waals surface area contributed by atoms with E-state index in [0.717, 1.165) is 91.3 Å². The molecule has 266 valence electrons. The third kappa shape index (κ3) is 5.99. The zero-order chi connectivity index (χ0) is 37.1. The van der Waals surface area contributed by atoms with Crippen LogP contribution in [0.1, 0.15) is 48.5 Å². The smallest absolute Gasteiger partial charge is 0.337 e. The summed E-state index contributed by atoms with van der Waals surface area (Å²) in [6, 6.07) is 33.8. The minimum absolute atomic E-state index is 0.187. The number of carboxylic acids is 1. The van der Waals surface area contributed by atoms with Gasteiger partial charge in [0.25, 0.3) is 0 Å². The van der Waals surface area contributed by atoms with Gasteiger partial charge in [-0.05, 0) is 134 Å². The zero-order valence-electron chi connectivity index (χ0n) is 29.1. The average molecular weight is 839 g/mol. The van der Waals surface area contributed by atoms with Crippen molar-refractivity contribution < 1.29 is 9.90 Å². The summed E-state index contributed by atoms with van der Waals surface area (Å²) in [7, 11) is 0. The second kappa shape index (κ2) is 13.7. The third-order valence-electron chi connectivity index (χ3n) is 10.6. The molecule has 5 aromatic carbocycles. The van der Waals surface area contributed by atoms with E-state index in [1.807, 2.05) is 78.9 Å². The second-order valence-corrected chi connectivity index (χ2v) is 15.6. The van der Waals surface area contributed by atoms with Crippen LogP contribution < -0.4 is 11.5 Å². The monoisotopic (exact) mass is 836 g/mol. The molecule has 0 saturated heterocycles. The van der Waals surface area contributed by atoms with E-state index >= 15 is 0 Å². The number of anilines is 2. The molecular weight excluding hydrogens is 804 g/mol. The normalized spacial score (nSPS) is 13.6. The molecule has 5 N–H and O–H groups in total. The van der Waals surface area contributed by atoms with Crippen LogP contribution in [-0.4, -0.2) is 30.6 Å². The van der Waals surface area contributed by atoms with Gasteiger partial charge in [0.2, 0.25) is 0 Å². The molecular formula is C44H34Br2N6O2. The Labute approximate surface area is 328 Å². The van der Waals surface area contributed by atoms with E-state index in [1.165, 1.54) is 6.42 Å². The van der Waals surface area contributed by atoms with Crippen LogP contribution in [0.5, 0.6) is 0 Å². The number of carboxylic acid groups (broad SMARTS) is 1. The lowest BCUT2D eigenvalue weighted by molar-refractivity contribution is 0.0698. The Hall–Kier alpha value is -5.58. The maximum Gasteiger partial charge on any atom is 0.337 e. The Morgan fingerprint density at radius 1 is 0.704 bits per heavy atom. The predicted octanol–water partition coefficient (Wildman–Crippen LogP) is 11.7. The van der Waals surface area contributed by atoms with Gasteiger partial charge in [-0.3, -0.25) is 4.98 Å². The first kappa shape index (κ1) is 34.2. The number of pyridine rings is 2. The molecule has 0 spiro atoms. The highest BCUT2D eigenvalue weighted by Crippen LogP contribution is 2.45. The van der Waals surface area contributed by atoms with E-state index in [2.05, 4.69) is 59.6 Å². The lowest BCUT2D eigenvalue weighted by atomic mass is 9.89. The molecule has 0 aliphatic heterocycles. The fourth-order valence-corrected chi connectivity index (χ4v) is 8.67. The summed E-state index contributed by atoms with van der Waals surface area (Å²) in [5.41, 5.74) is 22.4. The molecule has 1 fully saturated rings. The Morgan fingerprint density at radius 2 is 1.37 bits per heavy atom. The number of aromatic nitrogens is 4. The number of benzene rings is 5. The van der Waals surface area contributed by atoms with Gasteiger partial charge in [0.05, 0.1) is 33.3 Å². The van der Waals surface area contributed by atoms with E-state index in [9.17, 15) is 9.90 Å². The number of nitrogens with two attached hydrogens (primary N) is 2. The van der Waals surface area contributed by atoms with Crippen LogP contribution in [0, 0.1) is 0 Å². The molecule has 0 atom stereocenters. The number of aromatic carboxylic acids is 1. The quantitative estimate of drug-likeness (QED) is 0.142. The summed E-state index contributed by atoms with van der Waals surface area (Å²) in [6.45, 7) is 0. The molecule has 0 unspecified atom stereocenters. The van der Waals surface area contributed by atoms with E-state index < -0.39 is 5.97 Å². The second-order valence-electron chi connectivity index (χ2n) is 13.9. The van der Waals surface area contributed by atoms with Crippen LogP contribution in [0.4, 0.5) is 11.4 Å². The number of rotatable bonds is 6. The summed E-state index contributed by atoms with van der Waals surface area (Å²) in [5.74, 6) is -0.225. The van der Waals surface area contributed by atoms with Crippen molar-refractivity contribution >= 4 is 82.0 Å². The highest BCUT2D eigenvalue weighted by Gasteiger charge is 2.29. The molecule has 1 aliphatic rings. The molecule has 0 radical (unpaired) electrons. The van der Waals surface area contributed by atoms with Gasteiger partial charge in [-0.25, -0.2) is 14.8 Å². The van der Waals surface area contributed by atoms with Crippen molar-refractivity contribution in [1.29, 1.82) is 0 Å². The molecule has 8 nitrogen and oxygen atoms in total. The summed E-state index contributed by atoms with van der Waals surface area (Å²) in [5, 5.41) is 13.0. The Kier molecular flexibility index (Phi) is 8.67. The number of nitrogen functional groups attached to an aromatic ring is 2. The topological polar surface area (TPSA) is 133 Å². The van der Waals surface area contributed by atoms with Gasteiger partial charge in [0, 0.05) is 60.0 Å². The van der Waals surface area contributed by atoms with Crippen molar-refractivity contribution in [2.24, 2.45) is 0 Å². The van der Waals surface area contributed by atoms with Gasteiger partial charge < -0.3 is 21.1 Å². The highest BCUT2D eigenvalue weighted by atomic mass is 79.9. The molecule has 54 heavy (non-hydrogen) atoms. The minimum atomic E-state index is -1.03. The van der Waals surface area contributed by atoms with Gasteiger partial charge in [-0.1, -0.05) is 49.6 Å². The third-order valence-corrected chi connectivity index (χ3v) is 12.0. The largest absolute Gasteiger partial charge is 0.478 e. The van der Waals surface area contributed by atoms with E-state index in [4.69, 9.17) is 21.4 Å². The number of halogens is 2. The van der Waals surface area contributed by atoms with Gasteiger partial charge >= 0.3 is 5.97 Å². The highest BCUT2D eigenvalue weighted by molar-refractivity contribution is 9.11. The van der Waals surface area contributed by atoms with Gasteiger partial charge in [0.15, 0.2) is 0 Å². The lowest BCUT2D eigenvalue weighted by Gasteiger charge is -2.26. The van der Waals surface area contributed by atoms with Crippen molar-refractivity contribution in [3.8, 4) is 44.9 Å². The summed E-state index contributed by atoms with van der Waals surface area (Å²) < 4.78 is 3.90. The van der Waals surface area contributed by atoms with E-state index in [0.29, 0.717) is 32.5 Å². The van der Waals surface area contributed by atoms with E-state index in [-0.39, 0.29) is 11.6 Å². The molecule has 0 bridgehead atoms. The number of fused-ring (bicyclic) bond motifs is 3. The van der Waals surface area contributed by atoms with Crippen LogP contribution in [0.25, 0.3) is 77.7 Å². The maximum absolute atomic E-state index is 13.5. The van der Waals surface area contributed by atoms with Gasteiger partial charge in [-0.2, -0.15) is 0 Å². The molecule has 3 heterocycles. The number of hydrogen-bond acceptors (Lipinski definition) is 6. The number of carbonyl (C=O) groups is 1. The Bertz CT molecular complexity index is 2810. The summed E-state index contributed by atoms with van der Waals surface area (Å²) in [4.78, 5) is 28.5. The number of hydrogen-bond donors (Lipinski definition) is 3. The molecule has 1 saturated carbocycles. The first-order valence-corrected chi connectivity index (χ1v) is 19.5. The molecule has 3 aromatic heterocycles. The SMILES string of the molecule is Nc1ccc(-c2ccc3cc(-c4nc5c(-c6ccc7ncccc7c6)c(C(=O)O)c(-c6ccc(N)c(Br)c6)cc5n4C4CCCCC4)ccc3n2)cc1Br. The van der Waals surface area contributed by atoms with Gasteiger partial charge in [0.1, 0.15) is 5.82 Å². The predicted molar refractivity (Wildman–Crippen MR) is 225 cm³/mol. The molecule has 8 aromatic rings. The van der Waals surface area contributed by atoms with Crippen molar-refractivity contribution in [2.75, 3.05) is 11.5 Å².